The van der Waals surface area contributed by atoms with Gasteiger partial charge in [0.2, 0.25) is 5.91 Å². The Morgan fingerprint density at radius 3 is 2.84 bits per heavy atom. The highest BCUT2D eigenvalue weighted by molar-refractivity contribution is 7.98. The van der Waals surface area contributed by atoms with Gasteiger partial charge in [-0.25, -0.2) is 9.37 Å². The Labute approximate surface area is 189 Å². The van der Waals surface area contributed by atoms with Gasteiger partial charge in [0.05, 0.1) is 24.3 Å². The van der Waals surface area contributed by atoms with Crippen molar-refractivity contribution in [2.24, 2.45) is 0 Å². The minimum absolute atomic E-state index is 0.156. The molecule has 0 saturated carbocycles. The molecule has 164 valence electrons. The predicted molar refractivity (Wildman–Crippen MR) is 124 cm³/mol. The first kappa shape index (κ1) is 21.8. The summed E-state index contributed by atoms with van der Waals surface area (Å²) in [5, 5.41) is 3.67. The summed E-state index contributed by atoms with van der Waals surface area (Å²) >= 11 is 1.47. The molecular weight excluding hydrogens is 427 g/mol. The Kier molecular flexibility index (Phi) is 6.70. The fraction of sp³-hybridized carbons (Fsp3) is 0.208. The monoisotopic (exact) mass is 450 g/mol. The zero-order valence-electron chi connectivity index (χ0n) is 17.8. The summed E-state index contributed by atoms with van der Waals surface area (Å²) < 4.78 is 20.8. The van der Waals surface area contributed by atoms with Crippen LogP contribution in [0.5, 0.6) is 5.75 Å². The van der Waals surface area contributed by atoms with Crippen molar-refractivity contribution in [1.82, 2.24) is 14.5 Å². The number of hydrogen-bond acceptors (Lipinski definition) is 5. The van der Waals surface area contributed by atoms with Crippen LogP contribution in [0.2, 0.25) is 0 Å². The van der Waals surface area contributed by atoms with Crippen LogP contribution < -0.4 is 10.1 Å². The molecule has 4 rings (SSSR count). The maximum atomic E-state index is 13.6. The number of carbonyl (C=O) groups is 1. The Morgan fingerprint density at radius 2 is 2.06 bits per heavy atom. The van der Waals surface area contributed by atoms with Crippen LogP contribution in [0.1, 0.15) is 24.9 Å². The van der Waals surface area contributed by atoms with Gasteiger partial charge < -0.3 is 14.6 Å². The highest BCUT2D eigenvalue weighted by Gasteiger charge is 2.25. The number of ether oxygens (including phenoxy) is 1. The second-order valence-corrected chi connectivity index (χ2v) is 8.14. The molecule has 1 atom stereocenters. The van der Waals surface area contributed by atoms with E-state index in [1.807, 2.05) is 41.8 Å². The summed E-state index contributed by atoms with van der Waals surface area (Å²) in [6.07, 6.45) is 3.96. The Bertz CT molecular complexity index is 1240. The number of benzene rings is 2. The summed E-state index contributed by atoms with van der Waals surface area (Å²) in [6.45, 7) is 1.96. The molecule has 6 nitrogen and oxygen atoms in total. The van der Waals surface area contributed by atoms with E-state index in [-0.39, 0.29) is 11.7 Å². The van der Waals surface area contributed by atoms with Crippen molar-refractivity contribution >= 4 is 34.4 Å². The largest absolute Gasteiger partial charge is 0.497 e. The van der Waals surface area contributed by atoms with Crippen molar-refractivity contribution in [1.29, 1.82) is 0 Å². The summed E-state index contributed by atoms with van der Waals surface area (Å²) in [5.41, 5.74) is 3.04. The van der Waals surface area contributed by atoms with Crippen molar-refractivity contribution in [3.63, 3.8) is 0 Å². The molecule has 0 aliphatic carbocycles. The van der Waals surface area contributed by atoms with Crippen LogP contribution >= 0.6 is 11.8 Å². The number of hydrogen-bond donors (Lipinski definition) is 1. The Morgan fingerprint density at radius 1 is 1.22 bits per heavy atom. The quantitative estimate of drug-likeness (QED) is 0.361. The normalized spacial score (nSPS) is 12.0. The second-order valence-electron chi connectivity index (χ2n) is 7.19. The number of aromatic nitrogens is 3. The number of pyridine rings is 1. The lowest BCUT2D eigenvalue weighted by Crippen LogP contribution is -2.26. The smallest absolute Gasteiger partial charge is 0.247 e. The maximum absolute atomic E-state index is 13.6. The number of halogens is 1. The van der Waals surface area contributed by atoms with Crippen LogP contribution in [0.15, 0.2) is 72.1 Å². The van der Waals surface area contributed by atoms with E-state index in [0.717, 1.165) is 16.6 Å². The van der Waals surface area contributed by atoms with Gasteiger partial charge in [0.25, 0.3) is 0 Å². The van der Waals surface area contributed by atoms with E-state index in [1.54, 1.807) is 31.6 Å². The van der Waals surface area contributed by atoms with Gasteiger partial charge >= 0.3 is 0 Å². The van der Waals surface area contributed by atoms with Crippen LogP contribution in [0.25, 0.3) is 11.0 Å². The maximum Gasteiger partial charge on any atom is 0.247 e. The van der Waals surface area contributed by atoms with Crippen LogP contribution in [0.3, 0.4) is 0 Å². The summed E-state index contributed by atoms with van der Waals surface area (Å²) in [5.74, 6) is 0.767. The zero-order chi connectivity index (χ0) is 22.5. The topological polar surface area (TPSA) is 69.0 Å². The van der Waals surface area contributed by atoms with Crippen molar-refractivity contribution in [3.8, 4) is 5.75 Å². The highest BCUT2D eigenvalue weighted by Crippen LogP contribution is 2.32. The third-order valence-electron chi connectivity index (χ3n) is 5.05. The van der Waals surface area contributed by atoms with Gasteiger partial charge in [-0.3, -0.25) is 9.78 Å². The van der Waals surface area contributed by atoms with E-state index in [1.165, 1.54) is 23.9 Å². The molecule has 2 heterocycles. The highest BCUT2D eigenvalue weighted by atomic mass is 32.2. The molecule has 4 aromatic rings. The number of imidazole rings is 1. The van der Waals surface area contributed by atoms with E-state index in [0.29, 0.717) is 28.8 Å². The number of rotatable bonds is 8. The molecule has 0 bridgehead atoms. The number of anilines is 1. The number of nitrogens with zero attached hydrogens (tertiary/aromatic N) is 3. The van der Waals surface area contributed by atoms with E-state index in [9.17, 15) is 9.18 Å². The fourth-order valence-electron chi connectivity index (χ4n) is 3.51. The molecule has 1 N–H and O–H groups in total. The first-order valence-electron chi connectivity index (χ1n) is 10.2. The number of nitrogens with one attached hydrogen (secondary N) is 1. The van der Waals surface area contributed by atoms with Gasteiger partial charge in [-0.1, -0.05) is 36.9 Å². The molecule has 0 aliphatic rings. The molecule has 8 heteroatoms. The molecule has 0 radical (unpaired) electrons. The second kappa shape index (κ2) is 9.82. The molecule has 2 aromatic heterocycles. The lowest BCUT2D eigenvalue weighted by atomic mass is 10.2. The summed E-state index contributed by atoms with van der Waals surface area (Å²) in [7, 11) is 1.59. The van der Waals surface area contributed by atoms with Crippen LogP contribution in [-0.2, 0) is 10.5 Å². The summed E-state index contributed by atoms with van der Waals surface area (Å²) in [4.78, 5) is 22.2. The number of fused-ring (bicyclic) bond motifs is 1. The van der Waals surface area contributed by atoms with E-state index < -0.39 is 6.04 Å². The minimum atomic E-state index is -0.495. The standard InChI is InChI=1S/C24H23FN4O2S/c1-3-21(23(30)27-18-8-5-9-19(13-18)31-2)29-22-14-26-11-10-20(22)28-24(29)32-15-16-6-4-7-17(25)12-16/h4-14,21H,3,15H2,1-2H3,(H,27,30). The van der Waals surface area contributed by atoms with E-state index >= 15 is 0 Å². The average molecular weight is 451 g/mol. The van der Waals surface area contributed by atoms with E-state index in [4.69, 9.17) is 9.72 Å². The van der Waals surface area contributed by atoms with Crippen molar-refractivity contribution in [3.05, 3.63) is 78.4 Å². The Balaban J connectivity index is 1.65. The molecule has 0 fully saturated rings. The van der Waals surface area contributed by atoms with Gasteiger partial charge in [-0.15, -0.1) is 0 Å². The summed E-state index contributed by atoms with van der Waals surface area (Å²) in [6, 6.07) is 15.1. The number of methoxy groups -OCH3 is 1. The van der Waals surface area contributed by atoms with Crippen LogP contribution in [0.4, 0.5) is 10.1 Å². The number of carbonyl (C=O) groups excluding carboxylic acids is 1. The molecular formula is C24H23FN4O2S. The SMILES string of the molecule is CCC(C(=O)Nc1cccc(OC)c1)n1c(SCc2cccc(F)c2)nc2ccncc21. The molecule has 0 aliphatic heterocycles. The van der Waals surface area contributed by atoms with Gasteiger partial charge in [-0.2, -0.15) is 0 Å². The fourth-order valence-corrected chi connectivity index (χ4v) is 4.51. The number of thioether (sulfide) groups is 1. The molecule has 2 aromatic carbocycles. The molecule has 1 amide bonds. The predicted octanol–water partition coefficient (Wildman–Crippen LogP) is 5.46. The van der Waals surface area contributed by atoms with Crippen molar-refractivity contribution < 1.29 is 13.9 Å². The molecule has 32 heavy (non-hydrogen) atoms. The third kappa shape index (κ3) is 4.75. The van der Waals surface area contributed by atoms with Gasteiger partial charge in [0.1, 0.15) is 17.6 Å². The van der Waals surface area contributed by atoms with Crippen LogP contribution in [0, 0.1) is 5.82 Å². The third-order valence-corrected chi connectivity index (χ3v) is 6.08. The van der Waals surface area contributed by atoms with Gasteiger partial charge in [0, 0.05) is 23.7 Å². The average Bonchev–Trinajstić information content (AvgIpc) is 3.17. The molecule has 1 unspecified atom stereocenters. The van der Waals surface area contributed by atoms with Crippen molar-refractivity contribution in [2.75, 3.05) is 12.4 Å². The zero-order valence-corrected chi connectivity index (χ0v) is 18.6. The Hall–Kier alpha value is -3.39. The number of amides is 1. The van der Waals surface area contributed by atoms with Gasteiger partial charge in [-0.05, 0) is 42.3 Å². The van der Waals surface area contributed by atoms with Gasteiger partial charge in [0.15, 0.2) is 5.16 Å². The minimum Gasteiger partial charge on any atom is -0.497 e. The lowest BCUT2D eigenvalue weighted by Gasteiger charge is -2.20. The lowest BCUT2D eigenvalue weighted by molar-refractivity contribution is -0.119. The first-order chi connectivity index (χ1) is 15.6. The first-order valence-corrected chi connectivity index (χ1v) is 11.2. The van der Waals surface area contributed by atoms with Crippen molar-refractivity contribution in [2.45, 2.75) is 30.3 Å². The molecule has 0 saturated heterocycles. The van der Waals surface area contributed by atoms with Crippen LogP contribution in [-0.4, -0.2) is 27.6 Å². The molecule has 0 spiro atoms. The van der Waals surface area contributed by atoms with E-state index in [2.05, 4.69) is 10.3 Å².